The molecule has 0 spiro atoms. The van der Waals surface area contributed by atoms with Gasteiger partial charge in [0.25, 0.3) is 5.91 Å². The number of aryl methyl sites for hydroxylation is 2. The van der Waals surface area contributed by atoms with Crippen molar-refractivity contribution in [1.29, 1.82) is 0 Å². The van der Waals surface area contributed by atoms with Crippen molar-refractivity contribution in [2.24, 2.45) is 0 Å². The Balaban J connectivity index is 1.71. The molecule has 0 saturated heterocycles. The van der Waals surface area contributed by atoms with E-state index >= 15 is 0 Å². The summed E-state index contributed by atoms with van der Waals surface area (Å²) >= 11 is 0. The molecule has 3 nitrogen and oxygen atoms in total. The zero-order valence-electron chi connectivity index (χ0n) is 14.5. The summed E-state index contributed by atoms with van der Waals surface area (Å²) in [6.07, 6.45) is 0. The van der Waals surface area contributed by atoms with Crippen LogP contribution in [0.15, 0.2) is 72.8 Å². The van der Waals surface area contributed by atoms with E-state index < -0.39 is 0 Å². The van der Waals surface area contributed by atoms with E-state index in [1.165, 1.54) is 0 Å². The maximum absolute atomic E-state index is 12.3. The Morgan fingerprint density at radius 1 is 0.840 bits per heavy atom. The number of rotatable bonds is 5. The van der Waals surface area contributed by atoms with E-state index in [0.717, 1.165) is 27.9 Å². The summed E-state index contributed by atoms with van der Waals surface area (Å²) in [7, 11) is 0. The zero-order valence-corrected chi connectivity index (χ0v) is 14.5. The molecule has 1 N–H and O–H groups in total. The number of carbonyl (C=O) groups is 1. The lowest BCUT2D eigenvalue weighted by molar-refractivity contribution is -0.118. The number of nitrogens with one attached hydrogen (secondary N) is 1. The van der Waals surface area contributed by atoms with Crippen LogP contribution in [-0.2, 0) is 4.79 Å². The first kappa shape index (κ1) is 16.8. The smallest absolute Gasteiger partial charge is 0.262 e. The van der Waals surface area contributed by atoms with Crippen molar-refractivity contribution < 1.29 is 9.53 Å². The molecule has 0 aliphatic rings. The van der Waals surface area contributed by atoms with E-state index in [0.29, 0.717) is 5.75 Å². The Morgan fingerprint density at radius 3 is 2.20 bits per heavy atom. The van der Waals surface area contributed by atoms with Crippen molar-refractivity contribution in [3.63, 3.8) is 0 Å². The molecule has 3 aromatic carbocycles. The Bertz CT molecular complexity index is 852. The normalized spacial score (nSPS) is 10.3. The maximum Gasteiger partial charge on any atom is 0.262 e. The highest BCUT2D eigenvalue weighted by molar-refractivity contribution is 5.93. The van der Waals surface area contributed by atoms with Crippen molar-refractivity contribution in [2.75, 3.05) is 11.9 Å². The number of anilines is 1. The molecular formula is C22H21NO2. The monoisotopic (exact) mass is 331 g/mol. The molecule has 126 valence electrons. The number of amides is 1. The summed E-state index contributed by atoms with van der Waals surface area (Å²) in [5.41, 5.74) is 4.97. The summed E-state index contributed by atoms with van der Waals surface area (Å²) in [5, 5.41) is 2.94. The van der Waals surface area contributed by atoms with Gasteiger partial charge in [0.05, 0.1) is 0 Å². The van der Waals surface area contributed by atoms with Crippen LogP contribution < -0.4 is 10.1 Å². The molecule has 3 aromatic rings. The van der Waals surface area contributed by atoms with Crippen LogP contribution in [0.2, 0.25) is 0 Å². The fourth-order valence-corrected chi connectivity index (χ4v) is 2.78. The van der Waals surface area contributed by atoms with E-state index in [4.69, 9.17) is 4.74 Å². The van der Waals surface area contributed by atoms with Gasteiger partial charge in [-0.05, 0) is 36.6 Å². The number of hydrogen-bond donors (Lipinski definition) is 1. The topological polar surface area (TPSA) is 38.3 Å². The quantitative estimate of drug-likeness (QED) is 0.715. The second-order valence-electron chi connectivity index (χ2n) is 5.97. The van der Waals surface area contributed by atoms with Gasteiger partial charge in [-0.1, -0.05) is 66.7 Å². The van der Waals surface area contributed by atoms with E-state index in [1.807, 2.05) is 86.6 Å². The van der Waals surface area contributed by atoms with Gasteiger partial charge in [-0.25, -0.2) is 0 Å². The number of ether oxygens (including phenoxy) is 1. The number of benzene rings is 3. The average Bonchev–Trinajstić information content (AvgIpc) is 2.64. The average molecular weight is 331 g/mol. The highest BCUT2D eigenvalue weighted by atomic mass is 16.5. The largest absolute Gasteiger partial charge is 0.483 e. The number of carbonyl (C=O) groups excluding carboxylic acids is 1. The zero-order chi connectivity index (χ0) is 17.6. The summed E-state index contributed by atoms with van der Waals surface area (Å²) in [4.78, 5) is 12.3. The summed E-state index contributed by atoms with van der Waals surface area (Å²) in [6.45, 7) is 3.93. The molecule has 0 atom stereocenters. The fraction of sp³-hybridized carbons (Fsp3) is 0.136. The summed E-state index contributed by atoms with van der Waals surface area (Å²) in [6, 6.07) is 23.7. The Hall–Kier alpha value is -3.07. The number of para-hydroxylation sites is 2. The lowest BCUT2D eigenvalue weighted by Gasteiger charge is -2.14. The molecule has 3 rings (SSSR count). The van der Waals surface area contributed by atoms with Gasteiger partial charge >= 0.3 is 0 Å². The van der Waals surface area contributed by atoms with Crippen molar-refractivity contribution in [3.05, 3.63) is 83.9 Å². The molecule has 0 aliphatic heterocycles. The standard InChI is InChI=1S/C22H21NO2/c1-16-9-8-10-17(2)22(16)23-21(24)15-25-20-14-7-6-13-19(20)18-11-4-3-5-12-18/h3-14H,15H2,1-2H3,(H,23,24). The molecule has 1 amide bonds. The molecule has 25 heavy (non-hydrogen) atoms. The third kappa shape index (κ3) is 4.07. The third-order valence-corrected chi connectivity index (χ3v) is 4.08. The first-order valence-electron chi connectivity index (χ1n) is 8.28. The highest BCUT2D eigenvalue weighted by Crippen LogP contribution is 2.29. The molecule has 0 fully saturated rings. The molecular weight excluding hydrogens is 310 g/mol. The van der Waals surface area contributed by atoms with Crippen LogP contribution in [0.5, 0.6) is 5.75 Å². The molecule has 3 heteroatoms. The van der Waals surface area contributed by atoms with Crippen LogP contribution >= 0.6 is 0 Å². The first-order chi connectivity index (χ1) is 12.1. The molecule has 0 saturated carbocycles. The minimum absolute atomic E-state index is 0.0301. The highest BCUT2D eigenvalue weighted by Gasteiger charge is 2.10. The third-order valence-electron chi connectivity index (χ3n) is 4.08. The van der Waals surface area contributed by atoms with E-state index in [2.05, 4.69) is 5.32 Å². The lowest BCUT2D eigenvalue weighted by atomic mass is 10.1. The van der Waals surface area contributed by atoms with Crippen LogP contribution in [0.25, 0.3) is 11.1 Å². The van der Waals surface area contributed by atoms with Gasteiger partial charge in [0.1, 0.15) is 5.75 Å². The predicted octanol–water partition coefficient (Wildman–Crippen LogP) is 4.99. The van der Waals surface area contributed by atoms with Crippen molar-refractivity contribution in [1.82, 2.24) is 0 Å². The second-order valence-corrected chi connectivity index (χ2v) is 5.97. The SMILES string of the molecule is Cc1cccc(C)c1NC(=O)COc1ccccc1-c1ccccc1. The second kappa shape index (κ2) is 7.67. The Kier molecular flexibility index (Phi) is 5.14. The van der Waals surface area contributed by atoms with Gasteiger partial charge in [-0.2, -0.15) is 0 Å². The minimum Gasteiger partial charge on any atom is -0.483 e. The lowest BCUT2D eigenvalue weighted by Crippen LogP contribution is -2.21. The first-order valence-corrected chi connectivity index (χ1v) is 8.28. The summed E-state index contributed by atoms with van der Waals surface area (Å²) in [5.74, 6) is 0.533. The minimum atomic E-state index is -0.166. The van der Waals surface area contributed by atoms with Gasteiger partial charge in [0.15, 0.2) is 6.61 Å². The Morgan fingerprint density at radius 2 is 1.48 bits per heavy atom. The summed E-state index contributed by atoms with van der Waals surface area (Å²) < 4.78 is 5.79. The number of hydrogen-bond acceptors (Lipinski definition) is 2. The molecule has 0 bridgehead atoms. The molecule has 0 radical (unpaired) electrons. The van der Waals surface area contributed by atoms with E-state index in [1.54, 1.807) is 0 Å². The van der Waals surface area contributed by atoms with Gasteiger partial charge < -0.3 is 10.1 Å². The van der Waals surface area contributed by atoms with Crippen molar-refractivity contribution in [3.8, 4) is 16.9 Å². The Labute approximate surface area is 148 Å². The van der Waals surface area contributed by atoms with Gasteiger partial charge in [0, 0.05) is 11.3 Å². The van der Waals surface area contributed by atoms with Crippen LogP contribution in [0.3, 0.4) is 0 Å². The van der Waals surface area contributed by atoms with Crippen LogP contribution in [0.4, 0.5) is 5.69 Å². The van der Waals surface area contributed by atoms with Crippen molar-refractivity contribution in [2.45, 2.75) is 13.8 Å². The fourth-order valence-electron chi connectivity index (χ4n) is 2.78. The van der Waals surface area contributed by atoms with E-state index in [9.17, 15) is 4.79 Å². The van der Waals surface area contributed by atoms with Gasteiger partial charge in [0.2, 0.25) is 0 Å². The van der Waals surface area contributed by atoms with Crippen LogP contribution in [0, 0.1) is 13.8 Å². The van der Waals surface area contributed by atoms with Crippen LogP contribution in [0.1, 0.15) is 11.1 Å². The molecule has 0 unspecified atom stereocenters. The predicted molar refractivity (Wildman–Crippen MR) is 102 cm³/mol. The van der Waals surface area contributed by atoms with Crippen molar-refractivity contribution >= 4 is 11.6 Å². The van der Waals surface area contributed by atoms with E-state index in [-0.39, 0.29) is 12.5 Å². The molecule has 0 aliphatic carbocycles. The maximum atomic E-state index is 12.3. The van der Waals surface area contributed by atoms with Crippen LogP contribution in [-0.4, -0.2) is 12.5 Å². The molecule has 0 aromatic heterocycles. The molecule has 0 heterocycles. The van der Waals surface area contributed by atoms with Gasteiger partial charge in [-0.3, -0.25) is 4.79 Å². The van der Waals surface area contributed by atoms with Gasteiger partial charge in [-0.15, -0.1) is 0 Å².